The van der Waals surface area contributed by atoms with Crippen molar-refractivity contribution in [3.63, 3.8) is 0 Å². The van der Waals surface area contributed by atoms with Gasteiger partial charge in [-0.2, -0.15) is 13.2 Å². The normalized spacial score (nSPS) is 20.8. The van der Waals surface area contributed by atoms with Crippen molar-refractivity contribution in [1.82, 2.24) is 10.2 Å². The van der Waals surface area contributed by atoms with Gasteiger partial charge in [0.25, 0.3) is 0 Å². The Bertz CT molecular complexity index is 651. The summed E-state index contributed by atoms with van der Waals surface area (Å²) in [6.07, 6.45) is -4.60. The van der Waals surface area contributed by atoms with Gasteiger partial charge >= 0.3 is 12.1 Å². The number of hydrogen-bond donors (Lipinski definition) is 2. The molecule has 1 aromatic rings. The van der Waals surface area contributed by atoms with E-state index in [1.54, 1.807) is 24.3 Å². The van der Waals surface area contributed by atoms with Crippen molar-refractivity contribution in [2.24, 2.45) is 11.8 Å². The van der Waals surface area contributed by atoms with Crippen LogP contribution in [0.25, 0.3) is 0 Å². The Hall–Kier alpha value is -2.29. The maximum absolute atomic E-state index is 12.9. The van der Waals surface area contributed by atoms with Crippen LogP contribution in [0.15, 0.2) is 24.3 Å². The topological polar surface area (TPSA) is 78.9 Å². The number of benzene rings is 1. The number of likely N-dealkylation sites (tertiary alicyclic amines) is 1. The van der Waals surface area contributed by atoms with Gasteiger partial charge < -0.3 is 15.2 Å². The molecule has 2 N–H and O–H groups in total. The predicted octanol–water partition coefficient (Wildman–Crippen LogP) is 1.90. The molecule has 0 bridgehead atoms. The molecule has 0 unspecified atom stereocenters. The number of nitrogens with one attached hydrogen (secondary N) is 1. The number of carbonyl (C=O) groups excluding carboxylic acids is 1. The van der Waals surface area contributed by atoms with Crippen molar-refractivity contribution in [2.75, 3.05) is 26.2 Å². The van der Waals surface area contributed by atoms with E-state index in [0.29, 0.717) is 12.4 Å². The number of alkyl halides is 3. The maximum Gasteiger partial charge on any atom is 0.393 e. The van der Waals surface area contributed by atoms with Gasteiger partial charge in [0.2, 0.25) is 5.91 Å². The second kappa shape index (κ2) is 8.39. The molecule has 9 heteroatoms. The third-order valence-corrected chi connectivity index (χ3v) is 4.20. The Morgan fingerprint density at radius 1 is 1.35 bits per heavy atom. The minimum absolute atomic E-state index is 0.207. The third kappa shape index (κ3) is 5.35. The second-order valence-electron chi connectivity index (χ2n) is 6.14. The summed E-state index contributed by atoms with van der Waals surface area (Å²) in [4.78, 5) is 24.3. The Labute approximate surface area is 148 Å². The lowest BCUT2D eigenvalue weighted by Gasteiger charge is -2.18. The molecule has 1 fully saturated rings. The lowest BCUT2D eigenvalue weighted by atomic mass is 9.96. The largest absolute Gasteiger partial charge is 0.494 e. The zero-order valence-electron chi connectivity index (χ0n) is 14.3. The smallest absolute Gasteiger partial charge is 0.393 e. The van der Waals surface area contributed by atoms with Gasteiger partial charge in [0.1, 0.15) is 5.75 Å². The minimum atomic E-state index is -4.60. The molecule has 0 saturated carbocycles. The molecule has 0 spiro atoms. The van der Waals surface area contributed by atoms with Crippen LogP contribution in [-0.4, -0.2) is 54.3 Å². The van der Waals surface area contributed by atoms with E-state index in [2.05, 4.69) is 5.32 Å². The van der Waals surface area contributed by atoms with Crippen molar-refractivity contribution in [3.05, 3.63) is 29.8 Å². The molecule has 1 saturated heterocycles. The number of carboxylic acids is 1. The average Bonchev–Trinajstić information content (AvgIpc) is 2.98. The van der Waals surface area contributed by atoms with Crippen molar-refractivity contribution >= 4 is 11.9 Å². The fourth-order valence-corrected chi connectivity index (χ4v) is 2.97. The molecule has 1 aromatic carbocycles. The highest BCUT2D eigenvalue weighted by Crippen LogP contribution is 2.37. The molecule has 0 aliphatic carbocycles. The molecule has 1 aliphatic heterocycles. The van der Waals surface area contributed by atoms with Gasteiger partial charge in [-0.1, -0.05) is 12.1 Å². The van der Waals surface area contributed by atoms with Gasteiger partial charge in [0.15, 0.2) is 0 Å². The van der Waals surface area contributed by atoms with Crippen LogP contribution in [0.2, 0.25) is 0 Å². The molecule has 0 radical (unpaired) electrons. The summed E-state index contributed by atoms with van der Waals surface area (Å²) in [5.74, 6) is -4.81. The highest BCUT2D eigenvalue weighted by molar-refractivity contribution is 5.78. The van der Waals surface area contributed by atoms with Gasteiger partial charge in [-0.05, 0) is 24.6 Å². The van der Waals surface area contributed by atoms with Crippen LogP contribution in [0.1, 0.15) is 12.5 Å². The third-order valence-electron chi connectivity index (χ3n) is 4.20. The summed E-state index contributed by atoms with van der Waals surface area (Å²) in [5, 5.41) is 11.6. The number of ether oxygens (including phenoxy) is 1. The molecule has 2 atom stereocenters. The van der Waals surface area contributed by atoms with Crippen LogP contribution in [-0.2, 0) is 16.1 Å². The van der Waals surface area contributed by atoms with E-state index in [-0.39, 0.29) is 19.6 Å². The summed E-state index contributed by atoms with van der Waals surface area (Å²) in [5.41, 5.74) is 0.794. The lowest BCUT2D eigenvalue weighted by Crippen LogP contribution is -2.36. The summed E-state index contributed by atoms with van der Waals surface area (Å²) in [7, 11) is 0. The Balaban J connectivity index is 1.88. The molecule has 1 aliphatic rings. The first-order valence-corrected chi connectivity index (χ1v) is 8.21. The first kappa shape index (κ1) is 20.0. The molecule has 1 heterocycles. The molecule has 6 nitrogen and oxygen atoms in total. The van der Waals surface area contributed by atoms with Gasteiger partial charge in [-0.25, -0.2) is 0 Å². The van der Waals surface area contributed by atoms with Crippen molar-refractivity contribution in [1.29, 1.82) is 0 Å². The standard InChI is InChI=1S/C17H21F3N2O4/c1-2-26-12-5-3-4-11(6-12)7-21-15(23)10-22-8-13(16(24)25)14(9-22)17(18,19)20/h3-6,13-14H,2,7-10H2,1H3,(H,21,23)(H,24,25)/t13-,14-/m1/s1. The first-order chi connectivity index (χ1) is 12.2. The summed E-state index contributed by atoms with van der Waals surface area (Å²) in [6.45, 7) is 1.50. The van der Waals surface area contributed by atoms with Gasteiger partial charge in [0, 0.05) is 19.6 Å². The van der Waals surface area contributed by atoms with Gasteiger partial charge in [-0.15, -0.1) is 0 Å². The molecular formula is C17H21F3N2O4. The predicted molar refractivity (Wildman–Crippen MR) is 86.6 cm³/mol. The minimum Gasteiger partial charge on any atom is -0.494 e. The molecule has 26 heavy (non-hydrogen) atoms. The highest BCUT2D eigenvalue weighted by Gasteiger charge is 2.52. The van der Waals surface area contributed by atoms with Crippen LogP contribution in [0.5, 0.6) is 5.75 Å². The van der Waals surface area contributed by atoms with Crippen LogP contribution < -0.4 is 10.1 Å². The number of carbonyl (C=O) groups is 2. The summed E-state index contributed by atoms with van der Waals surface area (Å²) < 4.78 is 44.2. The number of aliphatic carboxylic acids is 1. The van der Waals surface area contributed by atoms with Gasteiger partial charge in [0.05, 0.1) is 25.0 Å². The van der Waals surface area contributed by atoms with E-state index >= 15 is 0 Å². The van der Waals surface area contributed by atoms with Gasteiger partial charge in [-0.3, -0.25) is 14.5 Å². The Morgan fingerprint density at radius 2 is 2.08 bits per heavy atom. The quantitative estimate of drug-likeness (QED) is 0.762. The van der Waals surface area contributed by atoms with Crippen molar-refractivity contribution in [2.45, 2.75) is 19.6 Å². The summed E-state index contributed by atoms with van der Waals surface area (Å²) in [6, 6.07) is 7.11. The molecule has 1 amide bonds. The SMILES string of the molecule is CCOc1cccc(CNC(=O)CN2C[C@@H](C(F)(F)F)[C@H](C(=O)O)C2)c1. The highest BCUT2D eigenvalue weighted by atomic mass is 19.4. The number of carboxylic acid groups (broad SMARTS) is 1. The fourth-order valence-electron chi connectivity index (χ4n) is 2.97. The molecule has 2 rings (SSSR count). The van der Waals surface area contributed by atoms with Crippen molar-refractivity contribution < 1.29 is 32.6 Å². The molecule has 144 valence electrons. The Morgan fingerprint density at radius 3 is 2.65 bits per heavy atom. The zero-order chi connectivity index (χ0) is 19.3. The Kier molecular flexibility index (Phi) is 6.47. The lowest BCUT2D eigenvalue weighted by molar-refractivity contribution is -0.188. The maximum atomic E-state index is 12.9. The van der Waals surface area contributed by atoms with E-state index in [9.17, 15) is 22.8 Å². The monoisotopic (exact) mass is 374 g/mol. The number of halogens is 3. The van der Waals surface area contributed by atoms with Crippen molar-refractivity contribution in [3.8, 4) is 5.75 Å². The van der Waals surface area contributed by atoms with E-state index < -0.39 is 36.4 Å². The second-order valence-corrected chi connectivity index (χ2v) is 6.14. The number of hydrogen-bond acceptors (Lipinski definition) is 4. The number of nitrogens with zero attached hydrogens (tertiary/aromatic N) is 1. The molecule has 0 aromatic heterocycles. The van der Waals surface area contributed by atoms with E-state index in [1.165, 1.54) is 4.90 Å². The van der Waals surface area contributed by atoms with Crippen LogP contribution in [0.4, 0.5) is 13.2 Å². The number of amides is 1. The van der Waals surface area contributed by atoms with E-state index in [0.717, 1.165) is 5.56 Å². The molecular weight excluding hydrogens is 353 g/mol. The van der Waals surface area contributed by atoms with Crippen LogP contribution in [0, 0.1) is 11.8 Å². The van der Waals surface area contributed by atoms with Crippen LogP contribution in [0.3, 0.4) is 0 Å². The first-order valence-electron chi connectivity index (χ1n) is 8.21. The number of rotatable bonds is 7. The fraction of sp³-hybridized carbons (Fsp3) is 0.529. The van der Waals surface area contributed by atoms with E-state index in [1.807, 2.05) is 6.92 Å². The van der Waals surface area contributed by atoms with Crippen LogP contribution >= 0.6 is 0 Å². The zero-order valence-corrected chi connectivity index (χ0v) is 14.3. The van der Waals surface area contributed by atoms with E-state index in [4.69, 9.17) is 9.84 Å². The average molecular weight is 374 g/mol. The summed E-state index contributed by atoms with van der Waals surface area (Å²) >= 11 is 0.